The van der Waals surface area contributed by atoms with Crippen molar-refractivity contribution in [1.29, 1.82) is 0 Å². The minimum atomic E-state index is -0.344. The molecule has 0 aliphatic rings. The summed E-state index contributed by atoms with van der Waals surface area (Å²) in [7, 11) is 0. The fraction of sp³-hybridized carbons (Fsp3) is 0.400. The van der Waals surface area contributed by atoms with E-state index in [0.717, 1.165) is 12.1 Å². The largest absolute Gasteiger partial charge is 0.346 e. The van der Waals surface area contributed by atoms with E-state index in [1.807, 2.05) is 10.8 Å². The normalized spacial score (nSPS) is 12.1. The van der Waals surface area contributed by atoms with Crippen LogP contribution in [0, 0.1) is 11.2 Å². The predicted molar refractivity (Wildman–Crippen MR) is 79.1 cm³/mol. The highest BCUT2D eigenvalue weighted by Gasteiger charge is 2.18. The minimum absolute atomic E-state index is 0.0422. The zero-order valence-electron chi connectivity index (χ0n) is 11.6. The third-order valence-corrected chi connectivity index (χ3v) is 3.55. The van der Waals surface area contributed by atoms with E-state index < -0.39 is 0 Å². The highest BCUT2D eigenvalue weighted by atomic mass is 79.9. The summed E-state index contributed by atoms with van der Waals surface area (Å²) in [5, 5.41) is 0.678. The quantitative estimate of drug-likeness (QED) is 0.727. The van der Waals surface area contributed by atoms with E-state index in [2.05, 4.69) is 36.7 Å². The Balaban J connectivity index is 2.71. The van der Waals surface area contributed by atoms with Gasteiger partial charge >= 0.3 is 0 Å². The Morgan fingerprint density at radius 2 is 2.00 bits per heavy atom. The second-order valence-electron chi connectivity index (χ2n) is 6.07. The fourth-order valence-electron chi connectivity index (χ4n) is 2.21. The number of carbonyl (C=O) groups excluding carboxylic acids is 1. The van der Waals surface area contributed by atoms with E-state index in [1.54, 1.807) is 6.07 Å². The molecule has 4 heteroatoms. The molecule has 0 aliphatic carbocycles. The molecule has 0 atom stereocenters. The Morgan fingerprint density at radius 1 is 1.37 bits per heavy atom. The van der Waals surface area contributed by atoms with Crippen molar-refractivity contribution in [2.24, 2.45) is 5.41 Å². The van der Waals surface area contributed by atoms with Gasteiger partial charge in [-0.2, -0.15) is 0 Å². The molecule has 2 nitrogen and oxygen atoms in total. The number of Topliss-reactive ketones (excluding diaryl/α,β-unsaturated/α-hetero) is 1. The van der Waals surface area contributed by atoms with Gasteiger partial charge in [0.05, 0.1) is 9.99 Å². The molecule has 0 saturated heterocycles. The topological polar surface area (TPSA) is 22.0 Å². The molecular weight excluding hydrogens is 309 g/mol. The lowest BCUT2D eigenvalue weighted by molar-refractivity contribution is 0.101. The van der Waals surface area contributed by atoms with Crippen LogP contribution in [0.5, 0.6) is 0 Å². The van der Waals surface area contributed by atoms with Crippen molar-refractivity contribution in [1.82, 2.24) is 4.57 Å². The Hall–Kier alpha value is -1.16. The fourth-order valence-corrected chi connectivity index (χ4v) is 2.54. The summed E-state index contributed by atoms with van der Waals surface area (Å²) in [5.41, 5.74) is 1.54. The number of hydrogen-bond donors (Lipinski definition) is 0. The molecular formula is C15H17BrFNO. The molecule has 0 bridgehead atoms. The number of hydrogen-bond acceptors (Lipinski definition) is 1. The maximum Gasteiger partial charge on any atom is 0.161 e. The van der Waals surface area contributed by atoms with E-state index in [-0.39, 0.29) is 17.0 Å². The van der Waals surface area contributed by atoms with Crippen molar-refractivity contribution in [3.05, 3.63) is 34.2 Å². The number of nitrogens with zero attached hydrogens (tertiary/aromatic N) is 1. The standard InChI is InChI=1S/C15H17BrFNO/c1-9(19)11-7-18(8-15(2,3)4)14-6-12(16)13(17)5-10(11)14/h5-7H,8H2,1-4H3. The Morgan fingerprint density at radius 3 is 2.53 bits per heavy atom. The van der Waals surface area contributed by atoms with E-state index in [1.165, 1.54) is 13.0 Å². The summed E-state index contributed by atoms with van der Waals surface area (Å²) < 4.78 is 16.1. The van der Waals surface area contributed by atoms with Crippen LogP contribution in [0.3, 0.4) is 0 Å². The van der Waals surface area contributed by atoms with Gasteiger partial charge in [-0.3, -0.25) is 4.79 Å². The number of ketones is 1. The van der Waals surface area contributed by atoms with Crippen LogP contribution < -0.4 is 0 Å². The zero-order chi connectivity index (χ0) is 14.4. The third-order valence-electron chi connectivity index (χ3n) is 2.95. The van der Waals surface area contributed by atoms with Gasteiger partial charge < -0.3 is 4.57 Å². The number of carbonyl (C=O) groups is 1. The van der Waals surface area contributed by atoms with Gasteiger partial charge in [0.25, 0.3) is 0 Å². The summed E-state index contributed by atoms with van der Waals surface area (Å²) in [5.74, 6) is -0.386. The van der Waals surface area contributed by atoms with Crippen molar-refractivity contribution in [2.45, 2.75) is 34.2 Å². The van der Waals surface area contributed by atoms with Crippen molar-refractivity contribution >= 4 is 32.6 Å². The lowest BCUT2D eigenvalue weighted by Crippen LogP contribution is -2.14. The van der Waals surface area contributed by atoms with Gasteiger partial charge in [-0.25, -0.2) is 4.39 Å². The van der Waals surface area contributed by atoms with Crippen molar-refractivity contribution in [3.63, 3.8) is 0 Å². The Bertz CT molecular complexity index is 652. The molecule has 0 aliphatic heterocycles. The van der Waals surface area contributed by atoms with Crippen molar-refractivity contribution in [2.75, 3.05) is 0 Å². The summed E-state index contributed by atoms with van der Waals surface area (Å²) in [6, 6.07) is 3.16. The second-order valence-corrected chi connectivity index (χ2v) is 6.93. The lowest BCUT2D eigenvalue weighted by atomic mass is 9.97. The first-order valence-corrected chi connectivity index (χ1v) is 6.97. The van der Waals surface area contributed by atoms with Gasteiger partial charge in [-0.05, 0) is 40.4 Å². The molecule has 1 aromatic carbocycles. The molecule has 2 rings (SSSR count). The molecule has 0 radical (unpaired) electrons. The first kappa shape index (κ1) is 14.3. The molecule has 1 aromatic heterocycles. The van der Waals surface area contributed by atoms with Crippen LogP contribution in [0.1, 0.15) is 38.1 Å². The molecule has 19 heavy (non-hydrogen) atoms. The lowest BCUT2D eigenvalue weighted by Gasteiger charge is -2.19. The highest BCUT2D eigenvalue weighted by molar-refractivity contribution is 9.10. The maximum atomic E-state index is 13.7. The zero-order valence-corrected chi connectivity index (χ0v) is 13.1. The van der Waals surface area contributed by atoms with Crippen molar-refractivity contribution in [3.8, 4) is 0 Å². The predicted octanol–water partition coefficient (Wildman–Crippen LogP) is 4.79. The number of benzene rings is 1. The third kappa shape index (κ3) is 2.89. The summed E-state index contributed by atoms with van der Waals surface area (Å²) >= 11 is 3.20. The van der Waals surface area contributed by atoms with Gasteiger partial charge in [-0.15, -0.1) is 0 Å². The SMILES string of the molecule is CC(=O)c1cn(CC(C)(C)C)c2cc(Br)c(F)cc12. The number of halogens is 2. The summed E-state index contributed by atoms with van der Waals surface area (Å²) in [6.45, 7) is 8.67. The molecule has 102 valence electrons. The van der Waals surface area contributed by atoms with Crippen molar-refractivity contribution < 1.29 is 9.18 Å². The first-order valence-electron chi connectivity index (χ1n) is 6.18. The van der Waals surface area contributed by atoms with Crippen LogP contribution in [0.15, 0.2) is 22.8 Å². The van der Waals surface area contributed by atoms with Crippen LogP contribution in [-0.2, 0) is 6.54 Å². The molecule has 0 unspecified atom stereocenters. The van der Waals surface area contributed by atoms with Gasteiger partial charge in [0.1, 0.15) is 5.82 Å². The molecule has 0 N–H and O–H groups in total. The van der Waals surface area contributed by atoms with Gasteiger partial charge in [0.2, 0.25) is 0 Å². The molecule has 1 heterocycles. The van der Waals surface area contributed by atoms with Gasteiger partial charge in [-0.1, -0.05) is 20.8 Å². The monoisotopic (exact) mass is 325 g/mol. The highest BCUT2D eigenvalue weighted by Crippen LogP contribution is 2.30. The van der Waals surface area contributed by atoms with Gasteiger partial charge in [0.15, 0.2) is 5.78 Å². The number of fused-ring (bicyclic) bond motifs is 1. The molecule has 0 saturated carbocycles. The maximum absolute atomic E-state index is 13.7. The van der Waals surface area contributed by atoms with E-state index in [9.17, 15) is 9.18 Å². The second kappa shape index (κ2) is 4.75. The van der Waals surface area contributed by atoms with Crippen LogP contribution in [0.25, 0.3) is 10.9 Å². The van der Waals surface area contributed by atoms with Crippen LogP contribution in [0.2, 0.25) is 0 Å². The molecule has 0 spiro atoms. The Labute approximate surface area is 120 Å². The first-order chi connectivity index (χ1) is 8.69. The molecule has 2 aromatic rings. The van der Waals surface area contributed by atoms with E-state index >= 15 is 0 Å². The molecule has 0 amide bonds. The minimum Gasteiger partial charge on any atom is -0.346 e. The van der Waals surface area contributed by atoms with Gasteiger partial charge in [0, 0.05) is 23.7 Å². The average molecular weight is 326 g/mol. The van der Waals surface area contributed by atoms with Crippen LogP contribution >= 0.6 is 15.9 Å². The van der Waals surface area contributed by atoms with E-state index in [4.69, 9.17) is 0 Å². The summed E-state index contributed by atoms with van der Waals surface area (Å²) in [6.07, 6.45) is 1.82. The smallest absolute Gasteiger partial charge is 0.161 e. The number of aromatic nitrogens is 1. The van der Waals surface area contributed by atoms with Crippen LogP contribution in [-0.4, -0.2) is 10.4 Å². The molecule has 0 fully saturated rings. The van der Waals surface area contributed by atoms with Crippen LogP contribution in [0.4, 0.5) is 4.39 Å². The summed E-state index contributed by atoms with van der Waals surface area (Å²) in [4.78, 5) is 11.7. The van der Waals surface area contributed by atoms with E-state index in [0.29, 0.717) is 15.4 Å². The average Bonchev–Trinajstić information content (AvgIpc) is 2.56. The number of rotatable bonds is 2. The Kier molecular flexibility index (Phi) is 3.56.